The molecule has 1 fully saturated rings. The molecular formula is C24H32N2O3S. The molecule has 0 spiro atoms. The van der Waals surface area contributed by atoms with Crippen LogP contribution in [0.5, 0.6) is 0 Å². The zero-order chi connectivity index (χ0) is 21.6. The van der Waals surface area contributed by atoms with Crippen LogP contribution in [0, 0.1) is 12.8 Å². The smallest absolute Gasteiger partial charge is 0.227 e. The highest BCUT2D eigenvalue weighted by Gasteiger charge is 2.31. The summed E-state index contributed by atoms with van der Waals surface area (Å²) in [5.74, 6) is -0.170. The topological polar surface area (TPSA) is 66.5 Å². The zero-order valence-electron chi connectivity index (χ0n) is 17.9. The summed E-state index contributed by atoms with van der Waals surface area (Å²) in [7, 11) is -3.37. The predicted octanol–water partition coefficient (Wildman–Crippen LogP) is 4.52. The molecule has 1 saturated heterocycles. The Morgan fingerprint density at radius 2 is 1.60 bits per heavy atom. The number of carbonyl (C=O) groups is 1. The predicted molar refractivity (Wildman–Crippen MR) is 122 cm³/mol. The Kier molecular flexibility index (Phi) is 7.67. The lowest BCUT2D eigenvalue weighted by Crippen LogP contribution is -2.41. The Balaban J connectivity index is 1.50. The van der Waals surface area contributed by atoms with E-state index in [4.69, 9.17) is 0 Å². The van der Waals surface area contributed by atoms with E-state index in [9.17, 15) is 13.2 Å². The molecule has 0 atom stereocenters. The van der Waals surface area contributed by atoms with Gasteiger partial charge in [-0.15, -0.1) is 0 Å². The Hall–Kier alpha value is -2.18. The van der Waals surface area contributed by atoms with E-state index in [0.717, 1.165) is 36.1 Å². The molecular weight excluding hydrogens is 396 g/mol. The van der Waals surface area contributed by atoms with Crippen LogP contribution in [0.25, 0.3) is 0 Å². The molecule has 162 valence electrons. The van der Waals surface area contributed by atoms with Crippen molar-refractivity contribution in [1.82, 2.24) is 4.31 Å². The van der Waals surface area contributed by atoms with Gasteiger partial charge in [0.25, 0.3) is 0 Å². The van der Waals surface area contributed by atoms with Crippen molar-refractivity contribution in [3.8, 4) is 0 Å². The number of unbranched alkanes of at least 4 members (excludes halogenated alkanes) is 1. The van der Waals surface area contributed by atoms with Gasteiger partial charge in [-0.2, -0.15) is 0 Å². The summed E-state index contributed by atoms with van der Waals surface area (Å²) in [4.78, 5) is 12.6. The fraction of sp³-hybridized carbons (Fsp3) is 0.458. The first-order valence-corrected chi connectivity index (χ1v) is 12.4. The minimum atomic E-state index is -3.37. The van der Waals surface area contributed by atoms with Crippen LogP contribution in [0.1, 0.15) is 49.3 Å². The van der Waals surface area contributed by atoms with Crippen molar-refractivity contribution < 1.29 is 13.2 Å². The van der Waals surface area contributed by atoms with E-state index in [1.807, 2.05) is 43.3 Å². The van der Waals surface area contributed by atoms with Gasteiger partial charge in [-0.3, -0.25) is 4.79 Å². The maximum absolute atomic E-state index is 12.7. The average molecular weight is 429 g/mol. The summed E-state index contributed by atoms with van der Waals surface area (Å²) in [6.45, 7) is 4.94. The van der Waals surface area contributed by atoms with Gasteiger partial charge in [0.05, 0.1) is 5.75 Å². The number of benzene rings is 2. The Bertz CT molecular complexity index is 929. The lowest BCUT2D eigenvalue weighted by Gasteiger charge is -2.30. The van der Waals surface area contributed by atoms with Gasteiger partial charge in [-0.25, -0.2) is 12.7 Å². The van der Waals surface area contributed by atoms with Crippen molar-refractivity contribution in [1.29, 1.82) is 0 Å². The molecule has 0 radical (unpaired) electrons. The molecule has 2 aromatic rings. The fourth-order valence-corrected chi connectivity index (χ4v) is 5.33. The van der Waals surface area contributed by atoms with Gasteiger partial charge in [0, 0.05) is 24.7 Å². The van der Waals surface area contributed by atoms with Crippen LogP contribution in [0.4, 0.5) is 5.69 Å². The molecule has 1 aliphatic rings. The lowest BCUT2D eigenvalue weighted by atomic mass is 9.97. The van der Waals surface area contributed by atoms with Crippen molar-refractivity contribution in [2.45, 2.75) is 51.7 Å². The molecule has 5 nitrogen and oxygen atoms in total. The van der Waals surface area contributed by atoms with Crippen LogP contribution in [-0.2, 0) is 27.0 Å². The third kappa shape index (κ3) is 6.16. The lowest BCUT2D eigenvalue weighted by molar-refractivity contribution is -0.120. The normalized spacial score (nSPS) is 15.8. The monoisotopic (exact) mass is 428 g/mol. The van der Waals surface area contributed by atoms with Crippen LogP contribution in [0.3, 0.4) is 0 Å². The number of aryl methyl sites for hydroxylation is 2. The number of carbonyl (C=O) groups excluding carboxylic acids is 1. The number of nitrogens with zero attached hydrogens (tertiary/aromatic N) is 1. The van der Waals surface area contributed by atoms with E-state index in [0.29, 0.717) is 25.9 Å². The van der Waals surface area contributed by atoms with E-state index in [2.05, 4.69) is 24.4 Å². The number of anilines is 1. The number of hydrogen-bond donors (Lipinski definition) is 1. The van der Waals surface area contributed by atoms with Gasteiger partial charge in [0.1, 0.15) is 0 Å². The average Bonchev–Trinajstić information content (AvgIpc) is 2.75. The Morgan fingerprint density at radius 3 is 2.20 bits per heavy atom. The summed E-state index contributed by atoms with van der Waals surface area (Å²) >= 11 is 0. The maximum Gasteiger partial charge on any atom is 0.227 e. The number of sulfonamides is 1. The number of nitrogens with one attached hydrogen (secondary N) is 1. The Morgan fingerprint density at radius 1 is 1.00 bits per heavy atom. The summed E-state index contributed by atoms with van der Waals surface area (Å²) in [6.07, 6.45) is 4.48. The van der Waals surface area contributed by atoms with Crippen molar-refractivity contribution in [2.24, 2.45) is 5.92 Å². The fourth-order valence-electron chi connectivity index (χ4n) is 3.76. The summed E-state index contributed by atoms with van der Waals surface area (Å²) in [6, 6.07) is 15.6. The van der Waals surface area contributed by atoms with E-state index < -0.39 is 10.0 Å². The first kappa shape index (κ1) is 22.5. The quantitative estimate of drug-likeness (QED) is 0.672. The van der Waals surface area contributed by atoms with Crippen LogP contribution in [-0.4, -0.2) is 31.7 Å². The van der Waals surface area contributed by atoms with E-state index in [1.165, 1.54) is 9.87 Å². The summed E-state index contributed by atoms with van der Waals surface area (Å²) in [5.41, 5.74) is 3.98. The highest BCUT2D eigenvalue weighted by Crippen LogP contribution is 2.23. The van der Waals surface area contributed by atoms with Gasteiger partial charge in [0.15, 0.2) is 0 Å². The molecule has 0 bridgehead atoms. The van der Waals surface area contributed by atoms with E-state index in [1.54, 1.807) is 0 Å². The molecule has 30 heavy (non-hydrogen) atoms. The van der Waals surface area contributed by atoms with E-state index >= 15 is 0 Å². The highest BCUT2D eigenvalue weighted by molar-refractivity contribution is 7.88. The van der Waals surface area contributed by atoms with Crippen LogP contribution in [0.2, 0.25) is 0 Å². The molecule has 1 N–H and O–H groups in total. The van der Waals surface area contributed by atoms with E-state index in [-0.39, 0.29) is 17.6 Å². The standard InChI is InChI=1S/C24H32N2O3S/c1-3-4-5-20-10-12-23(13-11-20)25-24(27)22-14-16-26(17-15-22)30(28,29)18-21-8-6-19(2)7-9-21/h6-13,22H,3-5,14-18H2,1-2H3,(H,25,27). The minimum Gasteiger partial charge on any atom is -0.326 e. The molecule has 2 aromatic carbocycles. The molecule has 0 aromatic heterocycles. The van der Waals surface area contributed by atoms with Crippen molar-refractivity contribution >= 4 is 21.6 Å². The van der Waals surface area contributed by atoms with Crippen LogP contribution < -0.4 is 5.32 Å². The van der Waals surface area contributed by atoms with Gasteiger partial charge < -0.3 is 5.32 Å². The minimum absolute atomic E-state index is 0.00846. The first-order valence-electron chi connectivity index (χ1n) is 10.8. The van der Waals surface area contributed by atoms with Crippen molar-refractivity contribution in [3.63, 3.8) is 0 Å². The second kappa shape index (κ2) is 10.2. The third-order valence-corrected chi connectivity index (χ3v) is 7.58. The molecule has 1 amide bonds. The van der Waals surface area contributed by atoms with Gasteiger partial charge in [0.2, 0.25) is 15.9 Å². The first-order chi connectivity index (χ1) is 14.4. The summed E-state index contributed by atoms with van der Waals surface area (Å²) < 4.78 is 27.0. The van der Waals surface area contributed by atoms with Gasteiger partial charge in [-0.05, 0) is 55.9 Å². The largest absolute Gasteiger partial charge is 0.326 e. The van der Waals surface area contributed by atoms with Crippen LogP contribution >= 0.6 is 0 Å². The van der Waals surface area contributed by atoms with Gasteiger partial charge in [-0.1, -0.05) is 55.3 Å². The number of hydrogen-bond acceptors (Lipinski definition) is 3. The van der Waals surface area contributed by atoms with Crippen molar-refractivity contribution in [2.75, 3.05) is 18.4 Å². The summed E-state index contributed by atoms with van der Waals surface area (Å²) in [5, 5.41) is 2.99. The molecule has 6 heteroatoms. The van der Waals surface area contributed by atoms with Crippen LogP contribution in [0.15, 0.2) is 48.5 Å². The Labute approximate surface area is 180 Å². The molecule has 0 aliphatic carbocycles. The maximum atomic E-state index is 12.7. The van der Waals surface area contributed by atoms with Gasteiger partial charge >= 0.3 is 0 Å². The molecule has 1 heterocycles. The molecule has 0 saturated carbocycles. The van der Waals surface area contributed by atoms with Crippen molar-refractivity contribution in [3.05, 3.63) is 65.2 Å². The molecule has 3 rings (SSSR count). The number of rotatable bonds is 8. The third-order valence-electron chi connectivity index (χ3n) is 5.73. The molecule has 0 unspecified atom stereocenters. The highest BCUT2D eigenvalue weighted by atomic mass is 32.2. The molecule has 1 aliphatic heterocycles. The SMILES string of the molecule is CCCCc1ccc(NC(=O)C2CCN(S(=O)(=O)Cc3ccc(C)cc3)CC2)cc1. The second-order valence-electron chi connectivity index (χ2n) is 8.20. The second-order valence-corrected chi connectivity index (χ2v) is 10.2. The number of piperidine rings is 1. The number of amides is 1. The zero-order valence-corrected chi connectivity index (χ0v) is 18.7.